The highest BCUT2D eigenvalue weighted by Crippen LogP contribution is 2.25. The third-order valence-corrected chi connectivity index (χ3v) is 7.36. The van der Waals surface area contributed by atoms with Gasteiger partial charge in [0, 0.05) is 25.4 Å². The Morgan fingerprint density at radius 1 is 0.881 bits per heavy atom. The Morgan fingerprint density at radius 2 is 1.60 bits per heavy atom. The first-order valence-electron chi connectivity index (χ1n) is 14.3. The number of unbranched alkanes of at least 4 members (excludes halogenated alkanes) is 1. The number of benzene rings is 3. The molecule has 0 radical (unpaired) electrons. The summed E-state index contributed by atoms with van der Waals surface area (Å²) in [6, 6.07) is 23.7. The van der Waals surface area contributed by atoms with Crippen LogP contribution in [0.25, 0.3) is 0 Å². The number of aromatic nitrogens is 2. The Morgan fingerprint density at radius 3 is 2.31 bits per heavy atom. The van der Waals surface area contributed by atoms with Gasteiger partial charge in [0.1, 0.15) is 35.2 Å². The summed E-state index contributed by atoms with van der Waals surface area (Å²) in [6.07, 6.45) is 6.22. The van der Waals surface area contributed by atoms with E-state index in [1.807, 2.05) is 78.9 Å². The topological polar surface area (TPSA) is 109 Å². The summed E-state index contributed by atoms with van der Waals surface area (Å²) in [5, 5.41) is 6.37. The summed E-state index contributed by atoms with van der Waals surface area (Å²) in [6.45, 7) is 1.81. The number of para-hydroxylation sites is 1. The number of nitrogens with zero attached hydrogens (tertiary/aromatic N) is 2. The van der Waals surface area contributed by atoms with Gasteiger partial charge in [-0.2, -0.15) is 0 Å². The number of aromatic amines is 1. The van der Waals surface area contributed by atoms with Crippen molar-refractivity contribution in [3.05, 3.63) is 108 Å². The van der Waals surface area contributed by atoms with E-state index in [2.05, 4.69) is 20.6 Å². The van der Waals surface area contributed by atoms with Gasteiger partial charge in [-0.15, -0.1) is 0 Å². The second kappa shape index (κ2) is 14.3. The first-order chi connectivity index (χ1) is 20.6. The summed E-state index contributed by atoms with van der Waals surface area (Å²) in [5.41, 5.74) is 1.89. The molecule has 0 aliphatic carbocycles. The van der Waals surface area contributed by atoms with Crippen molar-refractivity contribution in [3.63, 3.8) is 0 Å². The molecule has 1 aromatic heterocycles. The van der Waals surface area contributed by atoms with Gasteiger partial charge >= 0.3 is 0 Å². The molecule has 1 saturated heterocycles. The van der Waals surface area contributed by atoms with Crippen LogP contribution in [0.3, 0.4) is 0 Å². The second-order valence-corrected chi connectivity index (χ2v) is 10.4. The molecule has 4 aromatic rings. The van der Waals surface area contributed by atoms with E-state index in [4.69, 9.17) is 9.47 Å². The van der Waals surface area contributed by atoms with Crippen molar-refractivity contribution in [2.45, 2.75) is 50.9 Å². The average molecular weight is 568 g/mol. The van der Waals surface area contributed by atoms with Crippen LogP contribution in [0.2, 0.25) is 0 Å². The fraction of sp³-hybridized carbons (Fsp3) is 0.303. The lowest BCUT2D eigenvalue weighted by Crippen LogP contribution is -2.63. The molecule has 1 fully saturated rings. The minimum atomic E-state index is -0.627. The molecular formula is C33H37N5O4. The first-order valence-corrected chi connectivity index (χ1v) is 14.3. The Bertz CT molecular complexity index is 1410. The molecule has 5 rings (SSSR count). The van der Waals surface area contributed by atoms with Crippen molar-refractivity contribution in [2.24, 2.45) is 0 Å². The zero-order valence-corrected chi connectivity index (χ0v) is 23.8. The molecule has 0 spiro atoms. The van der Waals surface area contributed by atoms with Crippen LogP contribution < -0.4 is 20.1 Å². The number of rotatable bonds is 14. The predicted molar refractivity (Wildman–Crippen MR) is 160 cm³/mol. The van der Waals surface area contributed by atoms with E-state index in [9.17, 15) is 9.59 Å². The van der Waals surface area contributed by atoms with E-state index in [1.165, 1.54) is 0 Å². The van der Waals surface area contributed by atoms with Crippen LogP contribution in [-0.4, -0.2) is 52.4 Å². The predicted octanol–water partition coefficient (Wildman–Crippen LogP) is 4.61. The third-order valence-electron chi connectivity index (χ3n) is 7.36. The maximum Gasteiger partial charge on any atom is 0.246 e. The Kier molecular flexibility index (Phi) is 9.85. The van der Waals surface area contributed by atoms with Crippen molar-refractivity contribution >= 4 is 11.8 Å². The van der Waals surface area contributed by atoms with Crippen LogP contribution in [0.1, 0.15) is 36.2 Å². The van der Waals surface area contributed by atoms with Crippen molar-refractivity contribution in [1.29, 1.82) is 0 Å². The number of hydrogen-bond acceptors (Lipinski definition) is 6. The number of imidazole rings is 1. The fourth-order valence-electron chi connectivity index (χ4n) is 5.11. The maximum atomic E-state index is 13.8. The largest absolute Gasteiger partial charge is 0.497 e. The normalized spacial score (nSPS) is 16.7. The maximum absolute atomic E-state index is 13.8. The highest BCUT2D eigenvalue weighted by Gasteiger charge is 2.40. The molecule has 2 atom stereocenters. The molecule has 0 bridgehead atoms. The smallest absolute Gasteiger partial charge is 0.246 e. The van der Waals surface area contributed by atoms with Crippen LogP contribution in [0.4, 0.5) is 0 Å². The average Bonchev–Trinajstić information content (AvgIpc) is 3.54. The molecule has 3 aromatic carbocycles. The number of carbonyl (C=O) groups is 2. The van der Waals surface area contributed by atoms with Crippen LogP contribution in [0, 0.1) is 0 Å². The highest BCUT2D eigenvalue weighted by atomic mass is 16.5. The molecule has 2 heterocycles. The highest BCUT2D eigenvalue weighted by molar-refractivity contribution is 5.97. The number of amides is 2. The van der Waals surface area contributed by atoms with Crippen molar-refractivity contribution in [2.75, 3.05) is 13.7 Å². The van der Waals surface area contributed by atoms with Crippen LogP contribution in [-0.2, 0) is 29.1 Å². The van der Waals surface area contributed by atoms with Crippen molar-refractivity contribution < 1.29 is 19.1 Å². The molecule has 9 nitrogen and oxygen atoms in total. The van der Waals surface area contributed by atoms with E-state index in [0.29, 0.717) is 31.7 Å². The zero-order chi connectivity index (χ0) is 29.1. The van der Waals surface area contributed by atoms with Gasteiger partial charge in [0.25, 0.3) is 0 Å². The van der Waals surface area contributed by atoms with Crippen LogP contribution >= 0.6 is 0 Å². The zero-order valence-electron chi connectivity index (χ0n) is 23.8. The fourth-order valence-corrected chi connectivity index (χ4v) is 5.11. The number of hydrogen-bond donors (Lipinski definition) is 3. The van der Waals surface area contributed by atoms with Gasteiger partial charge in [-0.3, -0.25) is 9.59 Å². The van der Waals surface area contributed by atoms with Crippen LogP contribution in [0.5, 0.6) is 17.2 Å². The quantitative estimate of drug-likeness (QED) is 0.192. The molecule has 9 heteroatoms. The van der Waals surface area contributed by atoms with E-state index in [1.54, 1.807) is 24.4 Å². The van der Waals surface area contributed by atoms with Crippen molar-refractivity contribution in [3.8, 4) is 17.2 Å². The number of nitrogens with one attached hydrogen (secondary N) is 3. The molecule has 42 heavy (non-hydrogen) atoms. The van der Waals surface area contributed by atoms with Gasteiger partial charge in [0.05, 0.1) is 13.7 Å². The Hall–Kier alpha value is -4.63. The minimum absolute atomic E-state index is 0.0732. The van der Waals surface area contributed by atoms with Gasteiger partial charge < -0.3 is 30.0 Å². The van der Waals surface area contributed by atoms with E-state index in [0.717, 1.165) is 47.8 Å². The summed E-state index contributed by atoms with van der Waals surface area (Å²) in [7, 11) is 1.62. The summed E-state index contributed by atoms with van der Waals surface area (Å²) >= 11 is 0. The van der Waals surface area contributed by atoms with E-state index < -0.39 is 12.1 Å². The van der Waals surface area contributed by atoms with Gasteiger partial charge in [0.2, 0.25) is 11.8 Å². The summed E-state index contributed by atoms with van der Waals surface area (Å²) < 4.78 is 11.2. The molecular weight excluding hydrogens is 530 g/mol. The molecule has 0 saturated carbocycles. The molecule has 1 aliphatic heterocycles. The second-order valence-electron chi connectivity index (χ2n) is 10.4. The Balaban J connectivity index is 1.24. The van der Waals surface area contributed by atoms with E-state index >= 15 is 0 Å². The van der Waals surface area contributed by atoms with Crippen LogP contribution in [0.15, 0.2) is 91.3 Å². The lowest BCUT2D eigenvalue weighted by molar-refractivity contribution is -0.150. The summed E-state index contributed by atoms with van der Waals surface area (Å²) in [5.74, 6) is 2.92. The van der Waals surface area contributed by atoms with E-state index in [-0.39, 0.29) is 11.8 Å². The molecule has 218 valence electrons. The summed E-state index contributed by atoms with van der Waals surface area (Å²) in [4.78, 5) is 36.3. The van der Waals surface area contributed by atoms with Gasteiger partial charge in [-0.1, -0.05) is 42.5 Å². The molecule has 2 amide bonds. The number of ether oxygens (including phenoxy) is 2. The van der Waals surface area contributed by atoms with Gasteiger partial charge in [-0.05, 0) is 73.3 Å². The number of piperazine rings is 1. The molecule has 2 unspecified atom stereocenters. The molecule has 3 N–H and O–H groups in total. The Labute approximate surface area is 246 Å². The van der Waals surface area contributed by atoms with Crippen molar-refractivity contribution in [1.82, 2.24) is 25.5 Å². The number of methoxy groups -OCH3 is 1. The SMILES string of the molecule is COc1ccc(CC2NC(=O)C(CCCCNCc3ncc[nH]3)N(Cc3ccc(Oc4ccccc4)cc3)C2=O)cc1. The standard InChI is InChI=1S/C33H37N5O4/c1-41-26-14-10-24(11-15-26)21-29-33(40)38(23-25-12-16-28(17-13-25)42-27-7-3-2-4-8-27)30(32(39)37-29)9-5-6-18-34-22-31-35-19-20-36-31/h2-4,7-8,10-17,19-20,29-30,34H,5-6,9,18,21-23H2,1H3,(H,35,36)(H,37,39). The minimum Gasteiger partial charge on any atom is -0.497 e. The monoisotopic (exact) mass is 567 g/mol. The first kappa shape index (κ1) is 28.9. The van der Waals surface area contributed by atoms with Gasteiger partial charge in [0.15, 0.2) is 0 Å². The number of carbonyl (C=O) groups excluding carboxylic acids is 2. The van der Waals surface area contributed by atoms with Gasteiger partial charge in [-0.25, -0.2) is 4.98 Å². The lowest BCUT2D eigenvalue weighted by atomic mass is 9.96. The number of H-pyrrole nitrogens is 1. The third kappa shape index (κ3) is 7.76. The lowest BCUT2D eigenvalue weighted by Gasteiger charge is -2.39. The molecule has 1 aliphatic rings.